The summed E-state index contributed by atoms with van der Waals surface area (Å²) in [5.74, 6) is 6.51. The number of piperazine rings is 1. The van der Waals surface area contributed by atoms with Gasteiger partial charge in [-0.2, -0.15) is 17.4 Å². The van der Waals surface area contributed by atoms with Crippen molar-refractivity contribution in [3.8, 4) is 23.3 Å². The summed E-state index contributed by atoms with van der Waals surface area (Å²) in [5, 5.41) is 9.27. The van der Waals surface area contributed by atoms with Crippen LogP contribution in [0.25, 0.3) is 11.5 Å². The first-order chi connectivity index (χ1) is 17.7. The van der Waals surface area contributed by atoms with E-state index >= 15 is 0 Å². The molecule has 10 heteroatoms. The van der Waals surface area contributed by atoms with Crippen molar-refractivity contribution in [3.05, 3.63) is 71.6 Å². The zero-order valence-electron chi connectivity index (χ0n) is 20.8. The molecule has 2 heterocycles. The largest absolute Gasteiger partial charge is 0.480 e. The van der Waals surface area contributed by atoms with Gasteiger partial charge in [-0.05, 0) is 55.8 Å². The molecule has 1 unspecified atom stereocenters. The summed E-state index contributed by atoms with van der Waals surface area (Å²) >= 11 is 0. The smallest absolute Gasteiger partial charge is 0.321 e. The van der Waals surface area contributed by atoms with Crippen molar-refractivity contribution in [1.82, 2.24) is 14.0 Å². The van der Waals surface area contributed by atoms with Gasteiger partial charge < -0.3 is 14.4 Å². The van der Waals surface area contributed by atoms with Crippen molar-refractivity contribution in [3.63, 3.8) is 0 Å². The second kappa shape index (κ2) is 11.6. The zero-order chi connectivity index (χ0) is 26.4. The van der Waals surface area contributed by atoms with Gasteiger partial charge in [-0.25, -0.2) is 4.98 Å². The summed E-state index contributed by atoms with van der Waals surface area (Å²) in [7, 11) is -3.87. The number of aryl methyl sites for hydroxylation is 1. The fourth-order valence-electron chi connectivity index (χ4n) is 4.08. The van der Waals surface area contributed by atoms with Gasteiger partial charge in [0.2, 0.25) is 5.89 Å². The third kappa shape index (κ3) is 6.77. The first-order valence-corrected chi connectivity index (χ1v) is 13.6. The van der Waals surface area contributed by atoms with E-state index in [-0.39, 0.29) is 19.5 Å². The van der Waals surface area contributed by atoms with Gasteiger partial charge in [-0.15, -0.1) is 0 Å². The van der Waals surface area contributed by atoms with Crippen LogP contribution in [0.3, 0.4) is 0 Å². The molecule has 2 aromatic carbocycles. The van der Waals surface area contributed by atoms with Crippen molar-refractivity contribution in [1.29, 1.82) is 0 Å². The van der Waals surface area contributed by atoms with Crippen molar-refractivity contribution in [2.45, 2.75) is 32.7 Å². The summed E-state index contributed by atoms with van der Waals surface area (Å²) in [6, 6.07) is 14.4. The molecule has 3 aromatic rings. The van der Waals surface area contributed by atoms with E-state index in [1.54, 1.807) is 6.20 Å². The number of hydrogen-bond acceptors (Lipinski definition) is 6. The molecule has 0 saturated carbocycles. The van der Waals surface area contributed by atoms with Gasteiger partial charge in [-0.1, -0.05) is 31.3 Å². The molecule has 9 nitrogen and oxygen atoms in total. The number of oxazole rings is 1. The highest BCUT2D eigenvalue weighted by molar-refractivity contribution is 7.87. The number of rotatable bonds is 8. The Morgan fingerprint density at radius 1 is 1.11 bits per heavy atom. The first kappa shape index (κ1) is 26.4. The Balaban J connectivity index is 1.36. The Labute approximate surface area is 217 Å². The molecule has 0 amide bonds. The molecule has 0 aliphatic carbocycles. The van der Waals surface area contributed by atoms with E-state index < -0.39 is 22.2 Å². The van der Waals surface area contributed by atoms with Gasteiger partial charge >= 0.3 is 5.97 Å². The lowest BCUT2D eigenvalue weighted by Gasteiger charge is -2.35. The molecular formula is C27H30N4O5S. The Morgan fingerprint density at radius 2 is 1.81 bits per heavy atom. The minimum absolute atomic E-state index is 0.246. The predicted octanol–water partition coefficient (Wildman–Crippen LogP) is 3.26. The fourth-order valence-corrected chi connectivity index (χ4v) is 5.45. The molecule has 0 bridgehead atoms. The molecule has 37 heavy (non-hydrogen) atoms. The summed E-state index contributed by atoms with van der Waals surface area (Å²) in [4.78, 5) is 17.7. The number of nitrogens with zero attached hydrogens (tertiary/aromatic N) is 3. The van der Waals surface area contributed by atoms with Crippen LogP contribution in [0, 0.1) is 18.8 Å². The number of carbonyl (C=O) groups is 1. The highest BCUT2D eigenvalue weighted by Gasteiger charge is 2.31. The SMILES string of the molecule is CCCC(NS(=O)(=O)N1CCN(c2ccc(C#Cc3cccc(-c4ncc(C)o4)c3)cc2)CC1)C(=O)O. The fraction of sp³-hybridized carbons (Fsp3) is 0.333. The number of nitrogens with one attached hydrogen (secondary N) is 1. The molecule has 0 radical (unpaired) electrons. The maximum atomic E-state index is 12.7. The summed E-state index contributed by atoms with van der Waals surface area (Å²) < 4.78 is 34.6. The zero-order valence-corrected chi connectivity index (χ0v) is 21.7. The van der Waals surface area contributed by atoms with Crippen LogP contribution in [0.2, 0.25) is 0 Å². The highest BCUT2D eigenvalue weighted by Crippen LogP contribution is 2.21. The molecule has 194 valence electrons. The van der Waals surface area contributed by atoms with Crippen LogP contribution in [0.15, 0.2) is 59.1 Å². The van der Waals surface area contributed by atoms with Crippen LogP contribution in [-0.2, 0) is 15.0 Å². The van der Waals surface area contributed by atoms with E-state index in [1.807, 2.05) is 62.4 Å². The monoisotopic (exact) mass is 522 g/mol. The Morgan fingerprint density at radius 3 is 2.43 bits per heavy atom. The summed E-state index contributed by atoms with van der Waals surface area (Å²) in [6.45, 7) is 5.23. The number of carboxylic acid groups (broad SMARTS) is 1. The van der Waals surface area contributed by atoms with Crippen molar-refractivity contribution >= 4 is 21.9 Å². The molecule has 1 aromatic heterocycles. The Hall–Kier alpha value is -3.65. The molecule has 4 rings (SSSR count). The van der Waals surface area contributed by atoms with Crippen molar-refractivity contribution < 1.29 is 22.7 Å². The lowest BCUT2D eigenvalue weighted by molar-refractivity contribution is -0.139. The van der Waals surface area contributed by atoms with Crippen molar-refractivity contribution in [2.75, 3.05) is 31.1 Å². The molecule has 1 aliphatic heterocycles. The van der Waals surface area contributed by atoms with E-state index in [9.17, 15) is 18.3 Å². The standard InChI is InChI=1S/C27H30N4O5S/c1-3-5-25(27(32)33)29-37(34,35)31-16-14-30(15-17-31)24-12-10-21(11-13-24)8-9-22-6-4-7-23(18-22)26-28-19-20(2)36-26/h4,6-7,10-13,18-19,25,29H,3,5,14-17H2,1-2H3,(H,32,33). The number of aliphatic carboxylic acids is 1. The van der Waals surface area contributed by atoms with Crippen LogP contribution >= 0.6 is 0 Å². The third-order valence-electron chi connectivity index (χ3n) is 6.06. The molecule has 2 N–H and O–H groups in total. The maximum absolute atomic E-state index is 12.7. The maximum Gasteiger partial charge on any atom is 0.321 e. The predicted molar refractivity (Wildman–Crippen MR) is 141 cm³/mol. The summed E-state index contributed by atoms with van der Waals surface area (Å²) in [5.41, 5.74) is 3.57. The third-order valence-corrected chi connectivity index (χ3v) is 7.69. The number of carboxylic acids is 1. The normalized spacial score (nSPS) is 15.1. The molecular weight excluding hydrogens is 492 g/mol. The van der Waals surface area contributed by atoms with Crippen LogP contribution in [-0.4, -0.2) is 61.0 Å². The van der Waals surface area contributed by atoms with Gasteiger partial charge in [0.05, 0.1) is 6.20 Å². The highest BCUT2D eigenvalue weighted by atomic mass is 32.2. The Bertz CT molecular complexity index is 1400. The first-order valence-electron chi connectivity index (χ1n) is 12.2. The molecule has 1 aliphatic rings. The van der Waals surface area contributed by atoms with E-state index in [0.717, 1.165) is 28.1 Å². The average molecular weight is 523 g/mol. The second-order valence-electron chi connectivity index (χ2n) is 8.84. The molecule has 0 spiro atoms. The van der Waals surface area contributed by atoms with Gasteiger partial charge in [0, 0.05) is 48.6 Å². The molecule has 1 fully saturated rings. The lowest BCUT2D eigenvalue weighted by Crippen LogP contribution is -2.54. The van der Waals surface area contributed by atoms with Gasteiger partial charge in [0.1, 0.15) is 11.8 Å². The van der Waals surface area contributed by atoms with E-state index in [0.29, 0.717) is 25.4 Å². The van der Waals surface area contributed by atoms with Gasteiger partial charge in [0.25, 0.3) is 10.2 Å². The van der Waals surface area contributed by atoms with Crippen LogP contribution in [0.5, 0.6) is 0 Å². The van der Waals surface area contributed by atoms with Crippen LogP contribution < -0.4 is 9.62 Å². The van der Waals surface area contributed by atoms with Crippen LogP contribution in [0.1, 0.15) is 36.7 Å². The quantitative estimate of drug-likeness (QED) is 0.436. The average Bonchev–Trinajstić information content (AvgIpc) is 3.34. The minimum atomic E-state index is -3.87. The number of benzene rings is 2. The topological polar surface area (TPSA) is 116 Å². The lowest BCUT2D eigenvalue weighted by atomic mass is 10.1. The van der Waals surface area contributed by atoms with Gasteiger partial charge in [0.15, 0.2) is 0 Å². The van der Waals surface area contributed by atoms with E-state index in [4.69, 9.17) is 4.42 Å². The number of aromatic nitrogens is 1. The Kier molecular flexibility index (Phi) is 8.28. The minimum Gasteiger partial charge on any atom is -0.480 e. The molecule has 1 saturated heterocycles. The van der Waals surface area contributed by atoms with Gasteiger partial charge in [-0.3, -0.25) is 4.79 Å². The number of anilines is 1. The molecule has 1 atom stereocenters. The van der Waals surface area contributed by atoms with E-state index in [2.05, 4.69) is 26.4 Å². The second-order valence-corrected chi connectivity index (χ2v) is 10.5. The number of hydrogen-bond donors (Lipinski definition) is 2. The summed E-state index contributed by atoms with van der Waals surface area (Å²) in [6.07, 6.45) is 2.51. The van der Waals surface area contributed by atoms with Crippen molar-refractivity contribution in [2.24, 2.45) is 0 Å². The van der Waals surface area contributed by atoms with Crippen LogP contribution in [0.4, 0.5) is 5.69 Å². The van der Waals surface area contributed by atoms with E-state index in [1.165, 1.54) is 4.31 Å².